The van der Waals surface area contributed by atoms with Crippen LogP contribution in [-0.2, 0) is 10.9 Å². The molecule has 31 heavy (non-hydrogen) atoms. The minimum atomic E-state index is -4.56. The van der Waals surface area contributed by atoms with E-state index in [4.69, 9.17) is 21.7 Å². The van der Waals surface area contributed by atoms with Gasteiger partial charge in [-0.1, -0.05) is 0 Å². The van der Waals surface area contributed by atoms with E-state index in [-0.39, 0.29) is 35.8 Å². The Labute approximate surface area is 180 Å². The first-order chi connectivity index (χ1) is 14.3. The molecule has 3 amide bonds. The molecular formula is C19H20ClF3N4O4. The Balaban J connectivity index is 2.40. The zero-order valence-electron chi connectivity index (χ0n) is 16.8. The zero-order valence-corrected chi connectivity index (χ0v) is 17.6. The number of hydrogen-bond acceptors (Lipinski definition) is 5. The number of ether oxygens (including phenoxy) is 1. The fraction of sp³-hybridized carbons (Fsp3) is 0.368. The number of alkyl halides is 3. The average molecular weight is 461 g/mol. The van der Waals surface area contributed by atoms with Crippen molar-refractivity contribution < 1.29 is 32.3 Å². The SMILES string of the molecule is CCOC(=O)N/C(NC(=O)c1ccc(C(F)(F)F)cc1)=C1/CN(C(=O)Cl)C(C)(C)C1=N. The van der Waals surface area contributed by atoms with Gasteiger partial charge in [-0.2, -0.15) is 13.2 Å². The molecular weight excluding hydrogens is 441 g/mol. The van der Waals surface area contributed by atoms with Gasteiger partial charge in [0, 0.05) is 11.1 Å². The molecule has 0 unspecified atom stereocenters. The van der Waals surface area contributed by atoms with Gasteiger partial charge in [0.15, 0.2) is 0 Å². The molecule has 0 saturated carbocycles. The number of hydrogen-bond donors (Lipinski definition) is 3. The number of carbonyl (C=O) groups excluding carboxylic acids is 3. The van der Waals surface area contributed by atoms with Crippen LogP contribution in [0.3, 0.4) is 0 Å². The molecule has 168 valence electrons. The molecule has 1 fully saturated rings. The van der Waals surface area contributed by atoms with Gasteiger partial charge < -0.3 is 20.4 Å². The summed E-state index contributed by atoms with van der Waals surface area (Å²) in [5, 5.41) is 12.2. The van der Waals surface area contributed by atoms with Crippen LogP contribution in [0.15, 0.2) is 35.7 Å². The topological polar surface area (TPSA) is 112 Å². The standard InChI is InChI=1S/C19H20ClF3N4O4/c1-4-31-17(30)26-14(12-9-27(16(20)29)18(2,3)13(12)24)25-15(28)10-5-7-11(8-6-10)19(21,22)23/h5-8,24H,4,9H2,1-3H3,(H,25,28)(H,26,30)/b14-12-,24-13?. The van der Waals surface area contributed by atoms with Crippen LogP contribution < -0.4 is 10.6 Å². The van der Waals surface area contributed by atoms with Gasteiger partial charge in [0.25, 0.3) is 5.91 Å². The van der Waals surface area contributed by atoms with Crippen molar-refractivity contribution in [3.8, 4) is 0 Å². The zero-order chi connectivity index (χ0) is 23.6. The Morgan fingerprint density at radius 2 is 1.77 bits per heavy atom. The Kier molecular flexibility index (Phi) is 6.99. The molecule has 1 aliphatic rings. The van der Waals surface area contributed by atoms with Crippen molar-refractivity contribution in [2.24, 2.45) is 0 Å². The van der Waals surface area contributed by atoms with Crippen molar-refractivity contribution in [3.63, 3.8) is 0 Å². The van der Waals surface area contributed by atoms with Crippen LogP contribution in [0.25, 0.3) is 0 Å². The van der Waals surface area contributed by atoms with Gasteiger partial charge in [0.05, 0.1) is 30.0 Å². The quantitative estimate of drug-likeness (QED) is 0.468. The number of nitrogens with zero attached hydrogens (tertiary/aromatic N) is 1. The number of rotatable bonds is 4. The van der Waals surface area contributed by atoms with Crippen LogP contribution >= 0.6 is 11.6 Å². The predicted octanol–water partition coefficient (Wildman–Crippen LogP) is 3.87. The summed E-state index contributed by atoms with van der Waals surface area (Å²) in [7, 11) is 0. The van der Waals surface area contributed by atoms with Crippen LogP contribution in [-0.4, -0.2) is 46.7 Å². The van der Waals surface area contributed by atoms with Gasteiger partial charge >= 0.3 is 17.6 Å². The molecule has 1 aromatic rings. The molecule has 12 heteroatoms. The largest absolute Gasteiger partial charge is 0.450 e. The van der Waals surface area contributed by atoms with E-state index in [1.807, 2.05) is 0 Å². The van der Waals surface area contributed by atoms with Crippen molar-refractivity contribution in [2.45, 2.75) is 32.5 Å². The third-order valence-electron chi connectivity index (χ3n) is 4.63. The first-order valence-electron chi connectivity index (χ1n) is 9.01. The number of likely N-dealkylation sites (tertiary alicyclic amines) is 1. The van der Waals surface area contributed by atoms with E-state index in [1.54, 1.807) is 20.8 Å². The van der Waals surface area contributed by atoms with Crippen LogP contribution in [0.4, 0.5) is 22.8 Å². The van der Waals surface area contributed by atoms with Crippen molar-refractivity contribution in [1.29, 1.82) is 5.41 Å². The van der Waals surface area contributed by atoms with E-state index in [2.05, 4.69) is 10.6 Å². The molecule has 0 aromatic heterocycles. The predicted molar refractivity (Wildman–Crippen MR) is 106 cm³/mol. The van der Waals surface area contributed by atoms with Crippen molar-refractivity contribution in [3.05, 3.63) is 46.8 Å². The molecule has 1 heterocycles. The second-order valence-electron chi connectivity index (χ2n) is 7.00. The number of amides is 3. The van der Waals surface area contributed by atoms with E-state index in [0.717, 1.165) is 29.2 Å². The minimum Gasteiger partial charge on any atom is -0.450 e. The Morgan fingerprint density at radius 3 is 2.23 bits per heavy atom. The van der Waals surface area contributed by atoms with Crippen molar-refractivity contribution in [1.82, 2.24) is 15.5 Å². The van der Waals surface area contributed by atoms with Crippen molar-refractivity contribution >= 4 is 34.7 Å². The molecule has 1 aliphatic heterocycles. The Morgan fingerprint density at radius 1 is 1.19 bits per heavy atom. The van der Waals surface area contributed by atoms with E-state index in [1.165, 1.54) is 0 Å². The maximum Gasteiger partial charge on any atom is 0.416 e. The highest BCUT2D eigenvalue weighted by molar-refractivity contribution is 6.63. The van der Waals surface area contributed by atoms with Gasteiger partial charge in [0.1, 0.15) is 5.82 Å². The molecule has 2 rings (SSSR count). The molecule has 8 nitrogen and oxygen atoms in total. The van der Waals surface area contributed by atoms with Gasteiger partial charge in [-0.15, -0.1) is 0 Å². The summed E-state index contributed by atoms with van der Waals surface area (Å²) in [4.78, 5) is 37.4. The molecule has 0 radical (unpaired) electrons. The summed E-state index contributed by atoms with van der Waals surface area (Å²) < 4.78 is 43.0. The number of halogens is 4. The van der Waals surface area contributed by atoms with Gasteiger partial charge in [-0.25, -0.2) is 4.79 Å². The van der Waals surface area contributed by atoms with E-state index < -0.39 is 34.6 Å². The van der Waals surface area contributed by atoms with Crippen LogP contribution in [0.1, 0.15) is 36.7 Å². The second kappa shape index (κ2) is 8.96. The molecule has 0 atom stereocenters. The lowest BCUT2D eigenvalue weighted by molar-refractivity contribution is -0.137. The molecule has 0 spiro atoms. The molecule has 1 aromatic carbocycles. The summed E-state index contributed by atoms with van der Waals surface area (Å²) in [6, 6.07) is 3.44. The van der Waals surface area contributed by atoms with Crippen LogP contribution in [0.2, 0.25) is 0 Å². The molecule has 0 aliphatic carbocycles. The number of benzene rings is 1. The van der Waals surface area contributed by atoms with E-state index >= 15 is 0 Å². The fourth-order valence-electron chi connectivity index (χ4n) is 2.87. The maximum absolute atomic E-state index is 12.7. The smallest absolute Gasteiger partial charge is 0.416 e. The molecule has 1 saturated heterocycles. The Hall–Kier alpha value is -3.08. The monoisotopic (exact) mass is 460 g/mol. The third-order valence-corrected chi connectivity index (χ3v) is 4.84. The summed E-state index contributed by atoms with van der Waals surface area (Å²) >= 11 is 5.59. The second-order valence-corrected chi connectivity index (χ2v) is 7.32. The van der Waals surface area contributed by atoms with E-state index in [9.17, 15) is 27.6 Å². The highest BCUT2D eigenvalue weighted by Crippen LogP contribution is 2.32. The summed E-state index contributed by atoms with van der Waals surface area (Å²) in [6.45, 7) is 4.51. The summed E-state index contributed by atoms with van der Waals surface area (Å²) in [6.07, 6.45) is -5.49. The van der Waals surface area contributed by atoms with E-state index in [0.29, 0.717) is 0 Å². The highest BCUT2D eigenvalue weighted by atomic mass is 35.5. The summed E-state index contributed by atoms with van der Waals surface area (Å²) in [5.74, 6) is -1.07. The number of carbonyl (C=O) groups is 3. The lowest BCUT2D eigenvalue weighted by Gasteiger charge is -2.28. The first kappa shape index (κ1) is 24.2. The normalized spacial score (nSPS) is 17.3. The lowest BCUT2D eigenvalue weighted by atomic mass is 9.97. The Bertz CT molecular complexity index is 942. The van der Waals surface area contributed by atoms with Crippen LogP contribution in [0.5, 0.6) is 0 Å². The minimum absolute atomic E-state index is 0.0243. The highest BCUT2D eigenvalue weighted by Gasteiger charge is 2.44. The molecule has 3 N–H and O–H groups in total. The number of alkyl carbamates (subject to hydrolysis) is 1. The van der Waals surface area contributed by atoms with Crippen LogP contribution in [0, 0.1) is 5.41 Å². The first-order valence-corrected chi connectivity index (χ1v) is 9.38. The van der Waals surface area contributed by atoms with Gasteiger partial charge in [0.2, 0.25) is 0 Å². The maximum atomic E-state index is 12.7. The number of nitrogens with one attached hydrogen (secondary N) is 3. The lowest BCUT2D eigenvalue weighted by Crippen LogP contribution is -2.44. The average Bonchev–Trinajstić information content (AvgIpc) is 2.90. The summed E-state index contributed by atoms with van der Waals surface area (Å²) in [5.41, 5.74) is -2.18. The van der Waals surface area contributed by atoms with Gasteiger partial charge in [-0.05, 0) is 56.6 Å². The van der Waals surface area contributed by atoms with Gasteiger partial charge in [-0.3, -0.25) is 14.9 Å². The fourth-order valence-corrected chi connectivity index (χ4v) is 3.14. The van der Waals surface area contributed by atoms with Crippen molar-refractivity contribution in [2.75, 3.05) is 13.2 Å². The molecule has 0 bridgehead atoms. The third kappa shape index (κ3) is 5.35.